The summed E-state index contributed by atoms with van der Waals surface area (Å²) in [6, 6.07) is 4.61. The molecule has 2 fully saturated rings. The molecule has 1 amide bonds. The molecule has 2 aliphatic rings. The van der Waals surface area contributed by atoms with Gasteiger partial charge in [-0.05, 0) is 76.1 Å². The fourth-order valence-corrected chi connectivity index (χ4v) is 6.71. The highest BCUT2D eigenvalue weighted by Crippen LogP contribution is 2.27. The van der Waals surface area contributed by atoms with Crippen LogP contribution in [0.25, 0.3) is 0 Å². The van der Waals surface area contributed by atoms with Gasteiger partial charge in [-0.2, -0.15) is 0 Å². The number of aliphatic hydroxyl groups excluding tert-OH is 1. The summed E-state index contributed by atoms with van der Waals surface area (Å²) in [6.45, 7) is 12.3. The Bertz CT molecular complexity index is 1240. The van der Waals surface area contributed by atoms with Gasteiger partial charge in [0, 0.05) is 62.4 Å². The van der Waals surface area contributed by atoms with E-state index < -0.39 is 29.8 Å². The molecule has 266 valence electrons. The van der Waals surface area contributed by atoms with Crippen molar-refractivity contribution in [2.24, 2.45) is 11.8 Å². The van der Waals surface area contributed by atoms with E-state index in [9.17, 15) is 24.6 Å². The van der Waals surface area contributed by atoms with Gasteiger partial charge in [-0.15, -0.1) is 0 Å². The number of aryl methyl sites for hydroxylation is 1. The molecule has 1 saturated carbocycles. The Hall–Kier alpha value is -3.14. The summed E-state index contributed by atoms with van der Waals surface area (Å²) in [5.41, 5.74) is 1.50. The molecule has 6 atom stereocenters. The fraction of sp³-hybridized carbons (Fsp3) is 0.641. The van der Waals surface area contributed by atoms with Crippen LogP contribution in [0.1, 0.15) is 103 Å². The first kappa shape index (κ1) is 39.3. The number of nitrogens with zero attached hydrogens (tertiary/aromatic N) is 3. The minimum atomic E-state index is -1.51. The van der Waals surface area contributed by atoms with Crippen LogP contribution in [0.5, 0.6) is 0 Å². The van der Waals surface area contributed by atoms with Gasteiger partial charge in [0.1, 0.15) is 18.2 Å². The van der Waals surface area contributed by atoms with E-state index in [0.29, 0.717) is 25.4 Å². The summed E-state index contributed by atoms with van der Waals surface area (Å²) in [5.74, 6) is -0.557. The zero-order chi connectivity index (χ0) is 35.1. The van der Waals surface area contributed by atoms with Gasteiger partial charge in [-0.25, -0.2) is 4.79 Å². The van der Waals surface area contributed by atoms with Crippen molar-refractivity contribution in [2.75, 3.05) is 26.2 Å². The van der Waals surface area contributed by atoms with Gasteiger partial charge in [-0.3, -0.25) is 9.88 Å². The molecule has 1 unspecified atom stereocenters. The fourth-order valence-electron chi connectivity index (χ4n) is 6.71. The number of ether oxygens (including phenoxy) is 1. The minimum absolute atomic E-state index is 0.0277. The number of allylic oxidation sites excluding steroid dienone is 5. The topological polar surface area (TPSA) is 120 Å². The van der Waals surface area contributed by atoms with E-state index in [0.717, 1.165) is 36.2 Å². The molecule has 2 N–H and O–H groups in total. The number of hydrogen-bond donors (Lipinski definition) is 2. The molecule has 3 rings (SSSR count). The summed E-state index contributed by atoms with van der Waals surface area (Å²) in [7, 11) is 0. The summed E-state index contributed by atoms with van der Waals surface area (Å²) >= 11 is 0. The first-order chi connectivity index (χ1) is 22.9. The van der Waals surface area contributed by atoms with Gasteiger partial charge in [0.2, 0.25) is 0 Å². The zero-order valence-corrected chi connectivity index (χ0v) is 29.8. The average Bonchev–Trinajstić information content (AvgIpc) is 3.36. The predicted octanol–water partition coefficient (Wildman–Crippen LogP) is 6.33. The largest absolute Gasteiger partial charge is 0.439 e. The van der Waals surface area contributed by atoms with Gasteiger partial charge in [0.05, 0.1) is 6.10 Å². The van der Waals surface area contributed by atoms with Crippen molar-refractivity contribution in [3.63, 3.8) is 0 Å². The molecule has 9 heteroatoms. The van der Waals surface area contributed by atoms with E-state index in [1.807, 2.05) is 45.1 Å². The minimum Gasteiger partial charge on any atom is -0.439 e. The SMILES string of the molecule is C/C(=C\C=C\C(C)c1cc(C)ccn1)[C@@H](C=O)[C@@H](C)/C=C/[C@H](OC(=O)N1CCN(C2CCCCCC2)CC1)[C@@](C)(O)CC[C@H](O)CC=O. The van der Waals surface area contributed by atoms with Gasteiger partial charge < -0.3 is 29.4 Å². The third-order valence-corrected chi connectivity index (χ3v) is 10.1. The zero-order valence-electron chi connectivity index (χ0n) is 29.8. The lowest BCUT2D eigenvalue weighted by molar-refractivity contribution is -0.111. The standard InChI is InChI=1S/C39H59N3O6/c1-29-18-21-40-36(27-29)32(4)12-10-11-30(2)35(28-44)31(3)15-16-37(39(5,47)20-17-34(45)19-26-43)48-38(46)42-24-22-41(23-25-42)33-13-8-6-7-9-14-33/h10-12,15-16,18,21,26-28,31-35,37,45,47H,6-9,13-14,17,19-20,22-25H2,1-5H3/b12-10+,16-15+,30-11+/t31-,32?,34-,35+,37-,39-/m0/s1. The second-order valence-corrected chi connectivity index (χ2v) is 14.2. The highest BCUT2D eigenvalue weighted by atomic mass is 16.6. The highest BCUT2D eigenvalue weighted by Gasteiger charge is 2.36. The van der Waals surface area contributed by atoms with Crippen LogP contribution in [0.2, 0.25) is 0 Å². The van der Waals surface area contributed by atoms with Crippen LogP contribution in [0.4, 0.5) is 4.79 Å². The number of aliphatic hydroxyl groups is 2. The Balaban J connectivity index is 1.69. The Morgan fingerprint density at radius 2 is 1.77 bits per heavy atom. The number of carbonyl (C=O) groups excluding carboxylic acids is 3. The van der Waals surface area contributed by atoms with Gasteiger partial charge in [0.25, 0.3) is 0 Å². The number of rotatable bonds is 16. The summed E-state index contributed by atoms with van der Waals surface area (Å²) in [5, 5.41) is 21.7. The Morgan fingerprint density at radius 3 is 2.40 bits per heavy atom. The van der Waals surface area contributed by atoms with Crippen molar-refractivity contribution < 1.29 is 29.3 Å². The van der Waals surface area contributed by atoms with Gasteiger partial charge in [0.15, 0.2) is 6.10 Å². The van der Waals surface area contributed by atoms with Gasteiger partial charge >= 0.3 is 6.09 Å². The molecule has 0 spiro atoms. The summed E-state index contributed by atoms with van der Waals surface area (Å²) < 4.78 is 5.97. The number of hydrogen-bond acceptors (Lipinski definition) is 8. The Labute approximate surface area is 288 Å². The van der Waals surface area contributed by atoms with Crippen molar-refractivity contribution >= 4 is 18.7 Å². The number of carbonyl (C=O) groups is 3. The summed E-state index contributed by atoms with van der Waals surface area (Å²) in [6.07, 6.45) is 18.2. The van der Waals surface area contributed by atoms with Crippen molar-refractivity contribution in [3.05, 3.63) is 65.5 Å². The normalized spacial score (nSPS) is 21.6. The van der Waals surface area contributed by atoms with Crippen LogP contribution in [-0.4, -0.2) is 93.7 Å². The maximum absolute atomic E-state index is 13.4. The van der Waals surface area contributed by atoms with Crippen LogP contribution in [0, 0.1) is 18.8 Å². The second kappa shape index (κ2) is 19.8. The molecule has 1 aromatic heterocycles. The summed E-state index contributed by atoms with van der Waals surface area (Å²) in [4.78, 5) is 45.2. The lowest BCUT2D eigenvalue weighted by atomic mass is 9.86. The molecule has 1 saturated heterocycles. The molecular formula is C39H59N3O6. The Kier molecular flexibility index (Phi) is 16.2. The average molecular weight is 666 g/mol. The number of amides is 1. The smallest absolute Gasteiger partial charge is 0.410 e. The molecular weight excluding hydrogens is 606 g/mol. The molecule has 48 heavy (non-hydrogen) atoms. The first-order valence-electron chi connectivity index (χ1n) is 17.9. The third kappa shape index (κ3) is 12.4. The van der Waals surface area contributed by atoms with Crippen LogP contribution in [-0.2, 0) is 14.3 Å². The van der Waals surface area contributed by atoms with Crippen molar-refractivity contribution in [2.45, 2.75) is 122 Å². The molecule has 0 bridgehead atoms. The molecule has 2 heterocycles. The first-order valence-corrected chi connectivity index (χ1v) is 17.9. The third-order valence-electron chi connectivity index (χ3n) is 10.1. The number of aromatic nitrogens is 1. The van der Waals surface area contributed by atoms with Crippen LogP contribution >= 0.6 is 0 Å². The van der Waals surface area contributed by atoms with E-state index in [2.05, 4.69) is 29.0 Å². The predicted molar refractivity (Wildman–Crippen MR) is 190 cm³/mol. The van der Waals surface area contributed by atoms with E-state index in [-0.39, 0.29) is 31.1 Å². The van der Waals surface area contributed by atoms with E-state index >= 15 is 0 Å². The van der Waals surface area contributed by atoms with Crippen molar-refractivity contribution in [1.82, 2.24) is 14.8 Å². The number of piperazine rings is 1. The highest BCUT2D eigenvalue weighted by molar-refractivity contribution is 5.68. The molecule has 9 nitrogen and oxygen atoms in total. The number of aldehydes is 2. The van der Waals surface area contributed by atoms with E-state index in [1.165, 1.54) is 38.5 Å². The van der Waals surface area contributed by atoms with Crippen LogP contribution in [0.3, 0.4) is 0 Å². The maximum Gasteiger partial charge on any atom is 0.410 e. The van der Waals surface area contributed by atoms with E-state index in [1.54, 1.807) is 24.1 Å². The monoisotopic (exact) mass is 665 g/mol. The lowest BCUT2D eigenvalue weighted by Crippen LogP contribution is -2.53. The molecule has 0 radical (unpaired) electrons. The van der Waals surface area contributed by atoms with E-state index in [4.69, 9.17) is 4.74 Å². The molecule has 1 aliphatic carbocycles. The number of pyridine rings is 1. The van der Waals surface area contributed by atoms with Crippen molar-refractivity contribution in [1.29, 1.82) is 0 Å². The molecule has 0 aromatic carbocycles. The lowest BCUT2D eigenvalue weighted by Gasteiger charge is -2.40. The van der Waals surface area contributed by atoms with Gasteiger partial charge in [-0.1, -0.05) is 69.4 Å². The van der Waals surface area contributed by atoms with Crippen LogP contribution in [0.15, 0.2) is 54.3 Å². The second-order valence-electron chi connectivity index (χ2n) is 14.2. The van der Waals surface area contributed by atoms with Crippen LogP contribution < -0.4 is 0 Å². The van der Waals surface area contributed by atoms with Crippen molar-refractivity contribution in [3.8, 4) is 0 Å². The Morgan fingerprint density at radius 1 is 1.08 bits per heavy atom. The quantitative estimate of drug-likeness (QED) is 0.0910. The molecule has 1 aromatic rings. The maximum atomic E-state index is 13.4. The molecule has 1 aliphatic heterocycles.